The standard InChI is InChI=1S/C21H18BrFN4O3/c1-26-8-7-24-21(26)20(13-3-2-4-15(23)9-13)25-18(28)11-27-16-6-5-14(22)10-17(16)30-12-19(27)29/h2-10,20H,11-12H2,1H3,(H,25,28). The summed E-state index contributed by atoms with van der Waals surface area (Å²) in [5.41, 5.74) is 1.07. The summed E-state index contributed by atoms with van der Waals surface area (Å²) < 4.78 is 21.8. The van der Waals surface area contributed by atoms with Crippen LogP contribution in [0, 0.1) is 5.82 Å². The molecular weight excluding hydrogens is 455 g/mol. The van der Waals surface area contributed by atoms with Crippen LogP contribution in [-0.2, 0) is 16.6 Å². The van der Waals surface area contributed by atoms with Gasteiger partial charge in [-0.2, -0.15) is 0 Å². The minimum absolute atomic E-state index is 0.149. The molecule has 2 amide bonds. The van der Waals surface area contributed by atoms with Crippen molar-refractivity contribution in [2.75, 3.05) is 18.1 Å². The number of imidazole rings is 1. The van der Waals surface area contributed by atoms with Crippen LogP contribution in [0.2, 0.25) is 0 Å². The maximum atomic E-state index is 13.8. The van der Waals surface area contributed by atoms with Crippen molar-refractivity contribution in [2.24, 2.45) is 7.05 Å². The molecule has 1 atom stereocenters. The van der Waals surface area contributed by atoms with Gasteiger partial charge in [0.1, 0.15) is 30.0 Å². The number of anilines is 1. The number of nitrogens with one attached hydrogen (secondary N) is 1. The highest BCUT2D eigenvalue weighted by Gasteiger charge is 2.29. The monoisotopic (exact) mass is 472 g/mol. The number of fused-ring (bicyclic) bond motifs is 1. The van der Waals surface area contributed by atoms with Gasteiger partial charge in [-0.3, -0.25) is 14.5 Å². The Bertz CT molecular complexity index is 1120. The van der Waals surface area contributed by atoms with Crippen molar-refractivity contribution in [3.8, 4) is 5.75 Å². The van der Waals surface area contributed by atoms with Crippen LogP contribution in [0.3, 0.4) is 0 Å². The van der Waals surface area contributed by atoms with Gasteiger partial charge in [0.15, 0.2) is 6.61 Å². The quantitative estimate of drug-likeness (QED) is 0.619. The highest BCUT2D eigenvalue weighted by molar-refractivity contribution is 9.10. The van der Waals surface area contributed by atoms with Crippen LogP contribution in [-0.4, -0.2) is 34.5 Å². The molecule has 0 fully saturated rings. The summed E-state index contributed by atoms with van der Waals surface area (Å²) >= 11 is 3.37. The Hall–Kier alpha value is -3.20. The molecule has 154 valence electrons. The van der Waals surface area contributed by atoms with Gasteiger partial charge in [0, 0.05) is 23.9 Å². The van der Waals surface area contributed by atoms with Gasteiger partial charge in [0.25, 0.3) is 5.91 Å². The van der Waals surface area contributed by atoms with E-state index in [4.69, 9.17) is 4.74 Å². The highest BCUT2D eigenvalue weighted by atomic mass is 79.9. The Morgan fingerprint density at radius 2 is 2.17 bits per heavy atom. The summed E-state index contributed by atoms with van der Waals surface area (Å²) in [5, 5.41) is 2.88. The van der Waals surface area contributed by atoms with Gasteiger partial charge in [-0.25, -0.2) is 9.37 Å². The summed E-state index contributed by atoms with van der Waals surface area (Å²) in [7, 11) is 1.79. The predicted molar refractivity (Wildman–Crippen MR) is 112 cm³/mol. The van der Waals surface area contributed by atoms with Gasteiger partial charge in [-0.1, -0.05) is 28.1 Å². The van der Waals surface area contributed by atoms with Crippen LogP contribution in [0.4, 0.5) is 10.1 Å². The van der Waals surface area contributed by atoms with Gasteiger partial charge < -0.3 is 14.6 Å². The lowest BCUT2D eigenvalue weighted by Crippen LogP contribution is -2.46. The van der Waals surface area contributed by atoms with Crippen molar-refractivity contribution in [1.82, 2.24) is 14.9 Å². The lowest BCUT2D eigenvalue weighted by Gasteiger charge is -2.29. The topological polar surface area (TPSA) is 76.5 Å². The van der Waals surface area contributed by atoms with Crippen molar-refractivity contribution in [3.63, 3.8) is 0 Å². The molecular formula is C21H18BrFN4O3. The van der Waals surface area contributed by atoms with E-state index in [9.17, 15) is 14.0 Å². The normalized spacial score (nSPS) is 14.1. The fourth-order valence-electron chi connectivity index (χ4n) is 3.34. The number of benzene rings is 2. The van der Waals surface area contributed by atoms with Gasteiger partial charge in [0.2, 0.25) is 5.91 Å². The van der Waals surface area contributed by atoms with E-state index < -0.39 is 17.8 Å². The van der Waals surface area contributed by atoms with E-state index in [1.807, 2.05) is 0 Å². The first-order chi connectivity index (χ1) is 14.4. The number of rotatable bonds is 5. The molecule has 3 aromatic rings. The Morgan fingerprint density at radius 1 is 1.33 bits per heavy atom. The molecule has 9 heteroatoms. The smallest absolute Gasteiger partial charge is 0.265 e. The first-order valence-corrected chi connectivity index (χ1v) is 9.96. The highest BCUT2D eigenvalue weighted by Crippen LogP contribution is 2.34. The molecule has 1 aromatic heterocycles. The van der Waals surface area contributed by atoms with Crippen LogP contribution in [0.1, 0.15) is 17.4 Å². The largest absolute Gasteiger partial charge is 0.482 e. The molecule has 1 unspecified atom stereocenters. The number of aromatic nitrogens is 2. The number of amides is 2. The molecule has 2 heterocycles. The van der Waals surface area contributed by atoms with Gasteiger partial charge in [-0.15, -0.1) is 0 Å². The molecule has 0 bridgehead atoms. The molecule has 0 saturated heterocycles. The second-order valence-electron chi connectivity index (χ2n) is 6.83. The first-order valence-electron chi connectivity index (χ1n) is 9.17. The number of ether oxygens (including phenoxy) is 1. The van der Waals surface area contributed by atoms with Crippen molar-refractivity contribution < 1.29 is 18.7 Å². The molecule has 1 aliphatic heterocycles. The summed E-state index contributed by atoms with van der Waals surface area (Å²) in [6, 6.07) is 10.5. The Balaban J connectivity index is 1.60. The van der Waals surface area contributed by atoms with E-state index in [1.54, 1.807) is 54.3 Å². The zero-order valence-corrected chi connectivity index (χ0v) is 17.6. The van der Waals surface area contributed by atoms with Gasteiger partial charge >= 0.3 is 0 Å². The molecule has 0 radical (unpaired) electrons. The van der Waals surface area contributed by atoms with Crippen LogP contribution >= 0.6 is 15.9 Å². The van der Waals surface area contributed by atoms with Crippen LogP contribution in [0.15, 0.2) is 59.3 Å². The van der Waals surface area contributed by atoms with Crippen molar-refractivity contribution >= 4 is 33.4 Å². The number of aryl methyl sites for hydroxylation is 1. The molecule has 1 aliphatic rings. The molecule has 4 rings (SSSR count). The van der Waals surface area contributed by atoms with Crippen LogP contribution < -0.4 is 15.0 Å². The second-order valence-corrected chi connectivity index (χ2v) is 7.75. The molecule has 0 saturated carbocycles. The summed E-state index contributed by atoms with van der Waals surface area (Å²) in [4.78, 5) is 31.0. The zero-order valence-electron chi connectivity index (χ0n) is 16.0. The minimum atomic E-state index is -0.672. The lowest BCUT2D eigenvalue weighted by molar-refractivity contribution is -0.125. The third-order valence-corrected chi connectivity index (χ3v) is 5.26. The SMILES string of the molecule is Cn1ccnc1C(NC(=O)CN1C(=O)COc2cc(Br)ccc21)c1cccc(F)c1. The van der Waals surface area contributed by atoms with Crippen molar-refractivity contribution in [1.29, 1.82) is 0 Å². The predicted octanol–water partition coefficient (Wildman–Crippen LogP) is 2.95. The fourth-order valence-corrected chi connectivity index (χ4v) is 3.68. The molecule has 0 aliphatic carbocycles. The number of carbonyl (C=O) groups excluding carboxylic acids is 2. The van der Waals surface area contributed by atoms with E-state index in [1.165, 1.54) is 17.0 Å². The van der Waals surface area contributed by atoms with E-state index >= 15 is 0 Å². The van der Waals surface area contributed by atoms with Crippen molar-refractivity contribution in [3.05, 3.63) is 76.5 Å². The Kier molecular flexibility index (Phi) is 5.54. The average Bonchev–Trinajstić information content (AvgIpc) is 3.14. The number of hydrogen-bond acceptors (Lipinski definition) is 4. The number of carbonyl (C=O) groups is 2. The van der Waals surface area contributed by atoms with Gasteiger partial charge in [0.05, 0.1) is 5.69 Å². The van der Waals surface area contributed by atoms with E-state index in [0.717, 1.165) is 4.47 Å². The van der Waals surface area contributed by atoms with Crippen molar-refractivity contribution in [2.45, 2.75) is 6.04 Å². The average molecular weight is 473 g/mol. The number of nitrogens with zero attached hydrogens (tertiary/aromatic N) is 3. The first kappa shape index (κ1) is 20.1. The molecule has 30 heavy (non-hydrogen) atoms. The van der Waals surface area contributed by atoms with Gasteiger partial charge in [-0.05, 0) is 35.9 Å². The zero-order chi connectivity index (χ0) is 21.3. The third-order valence-electron chi connectivity index (χ3n) is 4.77. The van der Waals surface area contributed by atoms with Crippen LogP contribution in [0.5, 0.6) is 5.75 Å². The van der Waals surface area contributed by atoms with E-state index in [0.29, 0.717) is 22.8 Å². The molecule has 1 N–H and O–H groups in total. The maximum Gasteiger partial charge on any atom is 0.265 e. The third kappa shape index (κ3) is 4.06. The second kappa shape index (κ2) is 8.27. The molecule has 7 nitrogen and oxygen atoms in total. The maximum absolute atomic E-state index is 13.8. The summed E-state index contributed by atoms with van der Waals surface area (Å²) in [6.07, 6.45) is 3.35. The minimum Gasteiger partial charge on any atom is -0.482 e. The Labute approximate surface area is 180 Å². The Morgan fingerprint density at radius 3 is 2.90 bits per heavy atom. The van der Waals surface area contributed by atoms with Crippen LogP contribution in [0.25, 0.3) is 0 Å². The summed E-state index contributed by atoms with van der Waals surface area (Å²) in [6.45, 7) is -0.351. The number of hydrogen-bond donors (Lipinski definition) is 1. The van der Waals surface area contributed by atoms with E-state index in [-0.39, 0.29) is 19.1 Å². The summed E-state index contributed by atoms with van der Waals surface area (Å²) in [5.74, 6) is -0.0754. The molecule has 0 spiro atoms. The lowest BCUT2D eigenvalue weighted by atomic mass is 10.1. The number of halogens is 2. The fraction of sp³-hybridized carbons (Fsp3) is 0.190. The molecule has 2 aromatic carbocycles. The van der Waals surface area contributed by atoms with E-state index in [2.05, 4.69) is 26.2 Å².